The molecule has 0 aliphatic rings. The second kappa shape index (κ2) is 5.07. The number of hydrogen-bond acceptors (Lipinski definition) is 4. The molecule has 0 saturated heterocycles. The van der Waals surface area contributed by atoms with E-state index in [1.165, 1.54) is 24.4 Å². The number of hydrogen-bond donors (Lipinski definition) is 1. The maximum atomic E-state index is 12.9. The SMILES string of the molecule is NCc1ccnc(Oc2ccc(F)c(Cl)c2)n1. The second-order valence-corrected chi connectivity index (χ2v) is 3.62. The van der Waals surface area contributed by atoms with Crippen molar-refractivity contribution in [1.82, 2.24) is 9.97 Å². The van der Waals surface area contributed by atoms with Crippen molar-refractivity contribution < 1.29 is 9.13 Å². The van der Waals surface area contributed by atoms with Crippen LogP contribution in [0.15, 0.2) is 30.5 Å². The highest BCUT2D eigenvalue weighted by atomic mass is 35.5. The Morgan fingerprint density at radius 2 is 2.18 bits per heavy atom. The Labute approximate surface area is 102 Å². The summed E-state index contributed by atoms with van der Waals surface area (Å²) in [6, 6.07) is 5.85. The highest BCUT2D eigenvalue weighted by Crippen LogP contribution is 2.24. The first kappa shape index (κ1) is 11.8. The molecule has 2 rings (SSSR count). The molecule has 2 aromatic rings. The summed E-state index contributed by atoms with van der Waals surface area (Å²) in [5.41, 5.74) is 6.10. The van der Waals surface area contributed by atoms with E-state index in [9.17, 15) is 4.39 Å². The van der Waals surface area contributed by atoms with Crippen LogP contribution in [-0.4, -0.2) is 9.97 Å². The van der Waals surface area contributed by atoms with Crippen molar-refractivity contribution in [3.63, 3.8) is 0 Å². The fourth-order valence-corrected chi connectivity index (χ4v) is 1.36. The molecule has 1 aromatic carbocycles. The largest absolute Gasteiger partial charge is 0.424 e. The predicted octanol–water partition coefficient (Wildman–Crippen LogP) is 2.52. The van der Waals surface area contributed by atoms with Crippen LogP contribution in [0.1, 0.15) is 5.69 Å². The van der Waals surface area contributed by atoms with E-state index in [1.54, 1.807) is 6.07 Å². The van der Waals surface area contributed by atoms with E-state index in [-0.39, 0.29) is 11.0 Å². The van der Waals surface area contributed by atoms with Crippen LogP contribution < -0.4 is 10.5 Å². The molecule has 0 atom stereocenters. The summed E-state index contributed by atoms with van der Waals surface area (Å²) in [5, 5.41) is -0.0162. The molecule has 0 fully saturated rings. The van der Waals surface area contributed by atoms with E-state index < -0.39 is 5.82 Å². The highest BCUT2D eigenvalue weighted by Gasteiger charge is 2.05. The number of benzene rings is 1. The van der Waals surface area contributed by atoms with Gasteiger partial charge in [0.05, 0.1) is 10.7 Å². The van der Waals surface area contributed by atoms with Crippen molar-refractivity contribution in [3.05, 3.63) is 47.0 Å². The maximum absolute atomic E-state index is 12.9. The first-order chi connectivity index (χ1) is 8.19. The van der Waals surface area contributed by atoms with Crippen LogP contribution in [0, 0.1) is 5.82 Å². The van der Waals surface area contributed by atoms with Crippen LogP contribution in [-0.2, 0) is 6.54 Å². The summed E-state index contributed by atoms with van der Waals surface area (Å²) in [7, 11) is 0. The molecule has 0 saturated carbocycles. The zero-order valence-electron chi connectivity index (χ0n) is 8.73. The van der Waals surface area contributed by atoms with E-state index in [1.807, 2.05) is 0 Å². The first-order valence-corrected chi connectivity index (χ1v) is 5.22. The van der Waals surface area contributed by atoms with Gasteiger partial charge < -0.3 is 10.5 Å². The Balaban J connectivity index is 2.22. The number of aromatic nitrogens is 2. The van der Waals surface area contributed by atoms with Gasteiger partial charge in [0.1, 0.15) is 11.6 Å². The molecule has 0 bridgehead atoms. The van der Waals surface area contributed by atoms with Gasteiger partial charge in [0, 0.05) is 18.8 Å². The zero-order chi connectivity index (χ0) is 12.3. The lowest BCUT2D eigenvalue weighted by atomic mass is 10.3. The van der Waals surface area contributed by atoms with Gasteiger partial charge in [-0.1, -0.05) is 11.6 Å². The van der Waals surface area contributed by atoms with Gasteiger partial charge in [0.2, 0.25) is 0 Å². The number of nitrogens with zero attached hydrogens (tertiary/aromatic N) is 2. The van der Waals surface area contributed by atoms with Crippen molar-refractivity contribution in [2.75, 3.05) is 0 Å². The topological polar surface area (TPSA) is 61.0 Å². The molecular weight excluding hydrogens is 245 g/mol. The smallest absolute Gasteiger partial charge is 0.322 e. The van der Waals surface area contributed by atoms with Gasteiger partial charge in [0.25, 0.3) is 0 Å². The number of rotatable bonds is 3. The predicted molar refractivity (Wildman–Crippen MR) is 61.4 cm³/mol. The first-order valence-electron chi connectivity index (χ1n) is 4.84. The van der Waals surface area contributed by atoms with Gasteiger partial charge in [-0.05, 0) is 18.2 Å². The van der Waals surface area contributed by atoms with Crippen molar-refractivity contribution in [2.24, 2.45) is 5.73 Å². The molecule has 4 nitrogen and oxygen atoms in total. The molecule has 6 heteroatoms. The lowest BCUT2D eigenvalue weighted by Gasteiger charge is -2.05. The van der Waals surface area contributed by atoms with E-state index in [2.05, 4.69) is 9.97 Å². The molecule has 1 aromatic heterocycles. The molecule has 17 heavy (non-hydrogen) atoms. The van der Waals surface area contributed by atoms with Crippen molar-refractivity contribution >= 4 is 11.6 Å². The summed E-state index contributed by atoms with van der Waals surface area (Å²) in [5.74, 6) is -0.138. The summed E-state index contributed by atoms with van der Waals surface area (Å²) in [6.45, 7) is 0.295. The normalized spacial score (nSPS) is 10.3. The molecular formula is C11H9ClFN3O. The summed E-state index contributed by atoms with van der Waals surface area (Å²) < 4.78 is 18.2. The van der Waals surface area contributed by atoms with Crippen LogP contribution in [0.5, 0.6) is 11.8 Å². The fraction of sp³-hybridized carbons (Fsp3) is 0.0909. The molecule has 0 amide bonds. The minimum absolute atomic E-state index is 0.0162. The van der Waals surface area contributed by atoms with Crippen LogP contribution in [0.4, 0.5) is 4.39 Å². The van der Waals surface area contributed by atoms with Crippen LogP contribution in [0.25, 0.3) is 0 Å². The zero-order valence-corrected chi connectivity index (χ0v) is 9.49. The van der Waals surface area contributed by atoms with Gasteiger partial charge in [-0.25, -0.2) is 9.37 Å². The van der Waals surface area contributed by atoms with Gasteiger partial charge in [-0.2, -0.15) is 4.98 Å². The Morgan fingerprint density at radius 3 is 2.88 bits per heavy atom. The average molecular weight is 254 g/mol. The van der Waals surface area contributed by atoms with Crippen molar-refractivity contribution in [1.29, 1.82) is 0 Å². The maximum Gasteiger partial charge on any atom is 0.322 e. The van der Waals surface area contributed by atoms with Crippen LogP contribution in [0.3, 0.4) is 0 Å². The van der Waals surface area contributed by atoms with Crippen molar-refractivity contribution in [3.8, 4) is 11.8 Å². The number of halogens is 2. The van der Waals surface area contributed by atoms with E-state index in [0.717, 1.165) is 0 Å². The minimum atomic E-state index is -0.504. The summed E-state index contributed by atoms with van der Waals surface area (Å²) in [6.07, 6.45) is 1.54. The van der Waals surface area contributed by atoms with Crippen LogP contribution >= 0.6 is 11.6 Å². The van der Waals surface area contributed by atoms with E-state index >= 15 is 0 Å². The van der Waals surface area contributed by atoms with Gasteiger partial charge in [-0.3, -0.25) is 0 Å². The third kappa shape index (κ3) is 2.89. The van der Waals surface area contributed by atoms with Crippen LogP contribution in [0.2, 0.25) is 5.02 Å². The van der Waals surface area contributed by atoms with E-state index in [0.29, 0.717) is 18.0 Å². The molecule has 0 unspecified atom stereocenters. The molecule has 0 aliphatic heterocycles. The van der Waals surface area contributed by atoms with Gasteiger partial charge in [0.15, 0.2) is 0 Å². The molecule has 0 radical (unpaired) electrons. The minimum Gasteiger partial charge on any atom is -0.424 e. The molecule has 0 aliphatic carbocycles. The Hall–Kier alpha value is -1.72. The fourth-order valence-electron chi connectivity index (χ4n) is 1.18. The lowest BCUT2D eigenvalue weighted by Crippen LogP contribution is -2.01. The lowest BCUT2D eigenvalue weighted by molar-refractivity contribution is 0.438. The Bertz CT molecular complexity index is 536. The Morgan fingerprint density at radius 1 is 1.35 bits per heavy atom. The monoisotopic (exact) mass is 253 g/mol. The Kier molecular flexibility index (Phi) is 3.51. The van der Waals surface area contributed by atoms with Gasteiger partial charge >= 0.3 is 6.01 Å². The third-order valence-corrected chi connectivity index (χ3v) is 2.29. The molecule has 0 spiro atoms. The van der Waals surface area contributed by atoms with Crippen molar-refractivity contribution in [2.45, 2.75) is 6.54 Å². The van der Waals surface area contributed by atoms with E-state index in [4.69, 9.17) is 22.1 Å². The molecule has 88 valence electrons. The molecule has 2 N–H and O–H groups in total. The average Bonchev–Trinajstić information content (AvgIpc) is 2.34. The molecule has 1 heterocycles. The third-order valence-electron chi connectivity index (χ3n) is 2.00. The summed E-state index contributed by atoms with van der Waals surface area (Å²) in [4.78, 5) is 7.95. The number of ether oxygens (including phenoxy) is 1. The number of nitrogens with two attached hydrogens (primary N) is 1. The van der Waals surface area contributed by atoms with Gasteiger partial charge in [-0.15, -0.1) is 0 Å². The standard InChI is InChI=1S/C11H9ClFN3O/c12-9-5-8(1-2-10(9)13)17-11-15-4-3-7(6-14)16-11/h1-5H,6,14H2. The summed E-state index contributed by atoms with van der Waals surface area (Å²) >= 11 is 5.62. The highest BCUT2D eigenvalue weighted by molar-refractivity contribution is 6.30. The second-order valence-electron chi connectivity index (χ2n) is 3.21. The quantitative estimate of drug-likeness (QED) is 0.913.